The third kappa shape index (κ3) is 3.68. The number of hydrogen-bond acceptors (Lipinski definition) is 4. The molecule has 0 aromatic heterocycles. The van der Waals surface area contributed by atoms with Crippen LogP contribution >= 0.6 is 0 Å². The smallest absolute Gasteiger partial charge is 0.127 e. The highest BCUT2D eigenvalue weighted by Gasteiger charge is 2.40. The molecule has 0 fully saturated rings. The fraction of sp³-hybridized carbons (Fsp3) is 0.111. The molecule has 1 atom stereocenters. The Morgan fingerprint density at radius 1 is 0.613 bits per heavy atom. The standard InChI is InChI=1S/C27H24N2O2/c1-27(19-2-8-22(9-3-19)30-23-10-4-20(28)5-11-23)17-18-16-25(14-15-26(18)27)31-24-12-6-21(29)7-13-24/h2-16H,17,28-29H2,1H3. The SMILES string of the molecule is CC1(c2ccc(Oc3ccc(N)cc3)cc2)Cc2cc(Oc3ccc(N)cc3)ccc21. The van der Waals surface area contributed by atoms with E-state index in [-0.39, 0.29) is 5.41 Å². The average molecular weight is 409 g/mol. The molecule has 0 bridgehead atoms. The first-order chi connectivity index (χ1) is 15.0. The molecule has 0 amide bonds. The predicted molar refractivity (Wildman–Crippen MR) is 125 cm³/mol. The third-order valence-electron chi connectivity index (χ3n) is 5.94. The van der Waals surface area contributed by atoms with Gasteiger partial charge in [0.15, 0.2) is 0 Å². The number of nitrogen functional groups attached to an aromatic ring is 2. The summed E-state index contributed by atoms with van der Waals surface area (Å²) in [6.07, 6.45) is 0.972. The number of anilines is 2. The molecule has 4 aromatic rings. The van der Waals surface area contributed by atoms with Gasteiger partial charge < -0.3 is 20.9 Å². The second-order valence-corrected chi connectivity index (χ2v) is 8.19. The van der Waals surface area contributed by atoms with E-state index in [4.69, 9.17) is 20.9 Å². The molecule has 0 saturated carbocycles. The van der Waals surface area contributed by atoms with Gasteiger partial charge in [-0.3, -0.25) is 0 Å². The summed E-state index contributed by atoms with van der Waals surface area (Å²) in [6, 6.07) is 29.5. The largest absolute Gasteiger partial charge is 0.457 e. The zero-order valence-electron chi connectivity index (χ0n) is 17.3. The minimum Gasteiger partial charge on any atom is -0.457 e. The van der Waals surface area contributed by atoms with Crippen molar-refractivity contribution in [3.8, 4) is 23.0 Å². The quantitative estimate of drug-likeness (QED) is 0.380. The maximum atomic E-state index is 5.98. The van der Waals surface area contributed by atoms with E-state index in [1.807, 2.05) is 66.7 Å². The molecule has 1 aliphatic rings. The lowest BCUT2D eigenvalue weighted by molar-refractivity contribution is 0.463. The Morgan fingerprint density at radius 3 is 1.58 bits per heavy atom. The van der Waals surface area contributed by atoms with Gasteiger partial charge in [-0.2, -0.15) is 0 Å². The fourth-order valence-corrected chi connectivity index (χ4v) is 4.18. The molecule has 4 nitrogen and oxygen atoms in total. The number of hydrogen-bond donors (Lipinski definition) is 2. The predicted octanol–water partition coefficient (Wildman–Crippen LogP) is 6.30. The van der Waals surface area contributed by atoms with Crippen LogP contribution in [0, 0.1) is 0 Å². The molecule has 0 heterocycles. The molecule has 31 heavy (non-hydrogen) atoms. The van der Waals surface area contributed by atoms with E-state index >= 15 is 0 Å². The fourth-order valence-electron chi connectivity index (χ4n) is 4.18. The molecular formula is C27H24N2O2. The van der Waals surface area contributed by atoms with Crippen molar-refractivity contribution in [1.82, 2.24) is 0 Å². The van der Waals surface area contributed by atoms with Gasteiger partial charge in [0.2, 0.25) is 0 Å². The number of benzene rings is 4. The molecule has 5 rings (SSSR count). The second-order valence-electron chi connectivity index (χ2n) is 8.19. The maximum absolute atomic E-state index is 5.98. The molecule has 4 N–H and O–H groups in total. The van der Waals surface area contributed by atoms with Gasteiger partial charge in [0, 0.05) is 16.8 Å². The summed E-state index contributed by atoms with van der Waals surface area (Å²) < 4.78 is 11.9. The molecule has 0 saturated heterocycles. The van der Waals surface area contributed by atoms with Crippen LogP contribution in [-0.4, -0.2) is 0 Å². The molecule has 1 aliphatic carbocycles. The van der Waals surface area contributed by atoms with Crippen LogP contribution in [0.3, 0.4) is 0 Å². The van der Waals surface area contributed by atoms with Gasteiger partial charge in [-0.25, -0.2) is 0 Å². The lowest BCUT2D eigenvalue weighted by Gasteiger charge is -2.42. The Morgan fingerprint density at radius 2 is 1.06 bits per heavy atom. The van der Waals surface area contributed by atoms with Gasteiger partial charge in [-0.1, -0.05) is 25.1 Å². The summed E-state index contributed by atoms with van der Waals surface area (Å²) in [5, 5.41) is 0. The molecule has 0 aliphatic heterocycles. The average Bonchev–Trinajstić information content (AvgIpc) is 2.77. The van der Waals surface area contributed by atoms with Crippen molar-refractivity contribution in [1.29, 1.82) is 0 Å². The van der Waals surface area contributed by atoms with E-state index in [1.54, 1.807) is 0 Å². The van der Waals surface area contributed by atoms with Crippen molar-refractivity contribution in [2.75, 3.05) is 11.5 Å². The Kier molecular flexibility index (Phi) is 4.55. The molecule has 0 radical (unpaired) electrons. The Balaban J connectivity index is 1.31. The highest BCUT2D eigenvalue weighted by molar-refractivity contribution is 5.56. The first kappa shape index (κ1) is 19.1. The summed E-state index contributed by atoms with van der Waals surface area (Å²) in [5.74, 6) is 3.21. The highest BCUT2D eigenvalue weighted by atomic mass is 16.5. The third-order valence-corrected chi connectivity index (χ3v) is 5.94. The summed E-state index contributed by atoms with van der Waals surface area (Å²) in [6.45, 7) is 2.28. The van der Waals surface area contributed by atoms with Gasteiger partial charge in [0.25, 0.3) is 0 Å². The Hall–Kier alpha value is -3.92. The number of fused-ring (bicyclic) bond motifs is 1. The van der Waals surface area contributed by atoms with E-state index in [1.165, 1.54) is 16.7 Å². The van der Waals surface area contributed by atoms with Gasteiger partial charge in [0.1, 0.15) is 23.0 Å². The van der Waals surface area contributed by atoms with Gasteiger partial charge in [-0.15, -0.1) is 0 Å². The van der Waals surface area contributed by atoms with Crippen molar-refractivity contribution in [3.05, 3.63) is 108 Å². The van der Waals surface area contributed by atoms with Crippen LogP contribution in [0.15, 0.2) is 91.0 Å². The number of rotatable bonds is 5. The molecule has 1 unspecified atom stereocenters. The summed E-state index contributed by atoms with van der Waals surface area (Å²) in [5.41, 5.74) is 16.9. The van der Waals surface area contributed by atoms with Gasteiger partial charge in [-0.05, 0) is 95.9 Å². The second kappa shape index (κ2) is 7.40. The zero-order chi connectivity index (χ0) is 21.4. The molecule has 154 valence electrons. The van der Waals surface area contributed by atoms with Gasteiger partial charge in [0.05, 0.1) is 0 Å². The minimum absolute atomic E-state index is 0.00517. The van der Waals surface area contributed by atoms with Crippen molar-refractivity contribution in [2.45, 2.75) is 18.8 Å². The normalized spacial score (nSPS) is 16.8. The van der Waals surface area contributed by atoms with Crippen molar-refractivity contribution in [2.24, 2.45) is 0 Å². The van der Waals surface area contributed by atoms with Crippen molar-refractivity contribution < 1.29 is 9.47 Å². The Bertz CT molecular complexity index is 1220. The van der Waals surface area contributed by atoms with Crippen LogP contribution in [0.25, 0.3) is 0 Å². The van der Waals surface area contributed by atoms with E-state index in [9.17, 15) is 0 Å². The summed E-state index contributed by atoms with van der Waals surface area (Å²) in [7, 11) is 0. The molecular weight excluding hydrogens is 384 g/mol. The van der Waals surface area contributed by atoms with Crippen LogP contribution in [0.4, 0.5) is 11.4 Å². The first-order valence-electron chi connectivity index (χ1n) is 10.3. The van der Waals surface area contributed by atoms with E-state index in [0.717, 1.165) is 40.8 Å². The highest BCUT2D eigenvalue weighted by Crippen LogP contribution is 2.47. The monoisotopic (exact) mass is 408 g/mol. The van der Waals surface area contributed by atoms with Crippen LogP contribution in [0.5, 0.6) is 23.0 Å². The Labute approximate surface area is 182 Å². The summed E-state index contributed by atoms with van der Waals surface area (Å²) in [4.78, 5) is 0. The van der Waals surface area contributed by atoms with Crippen LogP contribution < -0.4 is 20.9 Å². The molecule has 4 heteroatoms. The van der Waals surface area contributed by atoms with Crippen molar-refractivity contribution in [3.63, 3.8) is 0 Å². The van der Waals surface area contributed by atoms with E-state index < -0.39 is 0 Å². The lowest BCUT2D eigenvalue weighted by Crippen LogP contribution is -2.36. The molecule has 0 spiro atoms. The lowest BCUT2D eigenvalue weighted by atomic mass is 9.61. The summed E-state index contributed by atoms with van der Waals surface area (Å²) >= 11 is 0. The first-order valence-corrected chi connectivity index (χ1v) is 10.3. The number of ether oxygens (including phenoxy) is 2. The van der Waals surface area contributed by atoms with E-state index in [2.05, 4.69) is 31.2 Å². The van der Waals surface area contributed by atoms with Crippen LogP contribution in [0.2, 0.25) is 0 Å². The van der Waals surface area contributed by atoms with E-state index in [0.29, 0.717) is 0 Å². The minimum atomic E-state index is -0.00517. The van der Waals surface area contributed by atoms with Crippen LogP contribution in [0.1, 0.15) is 23.6 Å². The van der Waals surface area contributed by atoms with Gasteiger partial charge >= 0.3 is 0 Å². The van der Waals surface area contributed by atoms with Crippen LogP contribution in [-0.2, 0) is 11.8 Å². The van der Waals surface area contributed by atoms with Crippen molar-refractivity contribution >= 4 is 11.4 Å². The number of nitrogens with two attached hydrogens (primary N) is 2. The maximum Gasteiger partial charge on any atom is 0.127 e. The molecule has 4 aromatic carbocycles. The topological polar surface area (TPSA) is 70.5 Å². The zero-order valence-corrected chi connectivity index (χ0v) is 17.3.